The maximum atomic E-state index is 13.6. The van der Waals surface area contributed by atoms with Crippen LogP contribution in [0.25, 0.3) is 0 Å². The summed E-state index contributed by atoms with van der Waals surface area (Å²) in [5.41, 5.74) is 0. The standard InChI is InChI=1S/3C16H32O2.C10H21.Sn/c3*1-2-3-4-5-6-7-8-9-10-11-12-13-14-15-16(17)18;1-3-5-7-9-10-8-6-4-2;/h3*2-15H2,1H3,(H,17,18);1,3-10H2,2H3;/q;;;;+3/p-3. The maximum absolute atomic E-state index is 13.6. The quantitative estimate of drug-likeness (QED) is 0.0446. The Hall–Kier alpha value is -0.791. The van der Waals surface area contributed by atoms with Crippen LogP contribution in [0.4, 0.5) is 0 Å². The van der Waals surface area contributed by atoms with Crippen molar-refractivity contribution in [1.82, 2.24) is 0 Å². The van der Waals surface area contributed by atoms with Crippen molar-refractivity contribution in [3.05, 3.63) is 0 Å². The summed E-state index contributed by atoms with van der Waals surface area (Å²) in [4.78, 5) is 40.7. The molecule has 386 valence electrons. The van der Waals surface area contributed by atoms with Crippen molar-refractivity contribution < 1.29 is 23.6 Å². The zero-order chi connectivity index (χ0) is 47.4. The van der Waals surface area contributed by atoms with Gasteiger partial charge in [0.1, 0.15) is 0 Å². The molecular weight excluding hydrogens is 911 g/mol. The summed E-state index contributed by atoms with van der Waals surface area (Å²) in [7, 11) is 0. The molecule has 0 aliphatic rings. The van der Waals surface area contributed by atoms with E-state index in [1.807, 2.05) is 0 Å². The molecule has 65 heavy (non-hydrogen) atoms. The zero-order valence-corrected chi connectivity index (χ0v) is 47.4. The van der Waals surface area contributed by atoms with Crippen molar-refractivity contribution in [3.63, 3.8) is 0 Å². The Balaban J connectivity index is 5.22. The van der Waals surface area contributed by atoms with Crippen LogP contribution >= 0.6 is 0 Å². The number of carbonyl (C=O) groups is 3. The van der Waals surface area contributed by atoms with E-state index < -0.39 is 19.6 Å². The van der Waals surface area contributed by atoms with Crippen LogP contribution in [0.3, 0.4) is 0 Å². The Kier molecular flexibility index (Phi) is 51.9. The minimum atomic E-state index is -4.93. The number of carbonyl (C=O) groups excluding carboxylic acids is 3. The van der Waals surface area contributed by atoms with Gasteiger partial charge in [-0.1, -0.05) is 97.8 Å². The summed E-state index contributed by atoms with van der Waals surface area (Å²) >= 11 is -4.93. The summed E-state index contributed by atoms with van der Waals surface area (Å²) in [6.07, 6.45) is 58.4. The summed E-state index contributed by atoms with van der Waals surface area (Å²) in [5, 5.41) is 0. The molecule has 0 saturated heterocycles. The molecule has 0 amide bonds. The molecule has 0 rings (SSSR count). The molecule has 0 heterocycles. The second-order valence-corrected chi connectivity index (χ2v) is 27.4. The molecule has 7 heteroatoms. The van der Waals surface area contributed by atoms with Crippen molar-refractivity contribution >= 4 is 37.5 Å². The van der Waals surface area contributed by atoms with Gasteiger partial charge in [-0.3, -0.25) is 0 Å². The predicted octanol–water partition coefficient (Wildman–Crippen LogP) is 20.1. The number of hydrogen-bond acceptors (Lipinski definition) is 6. The smallest absolute Gasteiger partial charge is 0.0654 e. The van der Waals surface area contributed by atoms with Gasteiger partial charge in [0.25, 0.3) is 0 Å². The molecule has 0 aromatic rings. The number of rotatable bonds is 54. The minimum Gasteiger partial charge on any atom is -0.0654 e. The zero-order valence-electron chi connectivity index (χ0n) is 44.5. The number of unbranched alkanes of at least 4 members (excludes halogenated alkanes) is 43. The second kappa shape index (κ2) is 52.6. The van der Waals surface area contributed by atoms with Crippen LogP contribution in [0.15, 0.2) is 0 Å². The van der Waals surface area contributed by atoms with E-state index in [4.69, 9.17) is 9.22 Å². The first-order valence-electron chi connectivity index (χ1n) is 29.6. The van der Waals surface area contributed by atoms with Crippen molar-refractivity contribution in [2.45, 2.75) is 353 Å². The van der Waals surface area contributed by atoms with Crippen LogP contribution in [-0.4, -0.2) is 37.5 Å². The van der Waals surface area contributed by atoms with Crippen LogP contribution in [0, 0.1) is 0 Å². The van der Waals surface area contributed by atoms with Crippen LogP contribution in [0.5, 0.6) is 0 Å². The fourth-order valence-corrected chi connectivity index (χ4v) is 16.2. The van der Waals surface area contributed by atoms with Gasteiger partial charge in [0.2, 0.25) is 0 Å². The van der Waals surface area contributed by atoms with E-state index in [-0.39, 0.29) is 17.9 Å². The van der Waals surface area contributed by atoms with Crippen molar-refractivity contribution in [1.29, 1.82) is 0 Å². The third-order valence-corrected chi connectivity index (χ3v) is 21.0. The molecule has 0 radical (unpaired) electrons. The molecule has 0 atom stereocenters. The molecule has 0 aromatic heterocycles. The predicted molar refractivity (Wildman–Crippen MR) is 282 cm³/mol. The molecule has 6 nitrogen and oxygen atoms in total. The normalized spacial score (nSPS) is 11.6. The van der Waals surface area contributed by atoms with E-state index >= 15 is 0 Å². The van der Waals surface area contributed by atoms with Gasteiger partial charge in [-0.2, -0.15) is 0 Å². The fourth-order valence-electron chi connectivity index (χ4n) is 9.23. The van der Waals surface area contributed by atoms with Crippen LogP contribution in [-0.2, 0) is 23.6 Å². The Labute approximate surface area is 412 Å². The molecule has 0 spiro atoms. The summed E-state index contributed by atoms with van der Waals surface area (Å²) in [5.74, 6) is -1.03. The van der Waals surface area contributed by atoms with E-state index in [0.29, 0.717) is 23.7 Å². The molecule has 0 bridgehead atoms. The Morgan fingerprint density at radius 2 is 0.385 bits per heavy atom. The molecule has 0 aliphatic heterocycles. The van der Waals surface area contributed by atoms with E-state index in [0.717, 1.165) is 77.0 Å². The summed E-state index contributed by atoms with van der Waals surface area (Å²) < 4.78 is 19.2. The van der Waals surface area contributed by atoms with Crippen LogP contribution < -0.4 is 0 Å². The topological polar surface area (TPSA) is 78.9 Å². The van der Waals surface area contributed by atoms with Gasteiger partial charge in [-0.15, -0.1) is 0 Å². The molecule has 0 fully saturated rings. The molecule has 0 saturated carbocycles. The van der Waals surface area contributed by atoms with E-state index in [2.05, 4.69) is 27.7 Å². The molecule has 0 aromatic carbocycles. The van der Waals surface area contributed by atoms with Crippen molar-refractivity contribution in [3.8, 4) is 0 Å². The Bertz CT molecular complexity index is 895. The fraction of sp³-hybridized carbons (Fsp3) is 0.948. The van der Waals surface area contributed by atoms with Crippen molar-refractivity contribution in [2.24, 2.45) is 0 Å². The van der Waals surface area contributed by atoms with Gasteiger partial charge >= 0.3 is 316 Å². The number of hydrogen-bond donors (Lipinski definition) is 0. The first-order valence-corrected chi connectivity index (χ1v) is 35.1. The van der Waals surface area contributed by atoms with Crippen molar-refractivity contribution in [2.75, 3.05) is 0 Å². The minimum absolute atomic E-state index is 0.292. The van der Waals surface area contributed by atoms with Gasteiger partial charge in [0, 0.05) is 0 Å². The molecule has 0 aliphatic carbocycles. The monoisotopic (exact) mass is 1030 g/mol. The van der Waals surface area contributed by atoms with Gasteiger partial charge < -0.3 is 0 Å². The summed E-state index contributed by atoms with van der Waals surface area (Å²) in [6.45, 7) is 9.06. The van der Waals surface area contributed by atoms with Crippen LogP contribution in [0.1, 0.15) is 349 Å². The third kappa shape index (κ3) is 48.0. The van der Waals surface area contributed by atoms with Gasteiger partial charge in [-0.05, 0) is 0 Å². The van der Waals surface area contributed by atoms with Gasteiger partial charge in [-0.25, -0.2) is 0 Å². The first kappa shape index (κ1) is 64.2. The SMILES string of the molecule is CCCCCCCCCCCCCCCC(=O)[O][Sn]([CH2]CCCCCCCCC)([O]C(=O)CCCCCCCCCCCCCCC)[O]C(=O)CCCCCCCCCCCCCCC. The van der Waals surface area contributed by atoms with Gasteiger partial charge in [0.05, 0.1) is 0 Å². The average Bonchev–Trinajstić information content (AvgIpc) is 3.29. The first-order chi connectivity index (χ1) is 31.9. The van der Waals surface area contributed by atoms with E-state index in [1.165, 1.54) is 225 Å². The van der Waals surface area contributed by atoms with Gasteiger partial charge in [0.15, 0.2) is 0 Å². The molecular formula is C58H114O6Sn. The molecule has 0 N–H and O–H groups in total. The Morgan fingerprint density at radius 1 is 0.231 bits per heavy atom. The molecule has 0 unspecified atom stereocenters. The third-order valence-electron chi connectivity index (χ3n) is 13.6. The summed E-state index contributed by atoms with van der Waals surface area (Å²) in [6, 6.07) is 0. The average molecular weight is 1030 g/mol. The van der Waals surface area contributed by atoms with E-state index in [9.17, 15) is 14.4 Å². The van der Waals surface area contributed by atoms with E-state index in [1.54, 1.807) is 0 Å². The Morgan fingerprint density at radius 3 is 0.569 bits per heavy atom. The van der Waals surface area contributed by atoms with Crippen LogP contribution in [0.2, 0.25) is 4.44 Å². The second-order valence-electron chi connectivity index (χ2n) is 20.3.